The summed E-state index contributed by atoms with van der Waals surface area (Å²) < 4.78 is 1.66. The number of aliphatic carboxylic acids is 1. The number of carboxylic acid groups (broad SMARTS) is 1. The zero-order valence-electron chi connectivity index (χ0n) is 27.0. The number of hydrogen-bond acceptors (Lipinski definition) is 16. The number of nitrogen functional groups attached to an aromatic ring is 1. The number of phenolic OH excluding ortho intramolecular Hbond substituents is 2. The van der Waals surface area contributed by atoms with Crippen LogP contribution in [0.4, 0.5) is 5.13 Å². The van der Waals surface area contributed by atoms with Crippen LogP contribution in [0.5, 0.6) is 11.5 Å². The number of Topliss-reactive ketones (excluding diaryl/α,β-unsaturated/α-hetero) is 1. The number of carboxylic acids is 1. The number of aromatic amines is 1. The molecule has 6 rings (SSSR count). The Balaban J connectivity index is 1.18. The number of nitrogens with zero attached hydrogens (tertiary/aromatic N) is 7. The second-order valence-electron chi connectivity index (χ2n) is 11.7. The van der Waals surface area contributed by atoms with Gasteiger partial charge in [0, 0.05) is 28.5 Å². The zero-order valence-corrected chi connectivity index (χ0v) is 30.2. The van der Waals surface area contributed by atoms with Gasteiger partial charge < -0.3 is 31.2 Å². The first-order valence-electron chi connectivity index (χ1n) is 15.0. The molecule has 7 N–H and O–H groups in total. The van der Waals surface area contributed by atoms with Gasteiger partial charge >= 0.3 is 5.97 Å². The average Bonchev–Trinajstić information content (AvgIpc) is 3.80. The molecule has 18 nitrogen and oxygen atoms in total. The Morgan fingerprint density at radius 3 is 2.77 bits per heavy atom. The predicted molar refractivity (Wildman–Crippen MR) is 188 cm³/mol. The van der Waals surface area contributed by atoms with Gasteiger partial charge in [-0.2, -0.15) is 9.78 Å². The Labute approximate surface area is 311 Å². The number of carbonyl (C=O) groups is 4. The molecule has 4 aromatic rings. The van der Waals surface area contributed by atoms with Crippen molar-refractivity contribution >= 4 is 86.6 Å². The molecule has 2 amide bonds. The number of anilines is 1. The van der Waals surface area contributed by atoms with Crippen LogP contribution in [0.1, 0.15) is 35.7 Å². The number of nitrogens with two attached hydrogens (primary N) is 1. The highest BCUT2D eigenvalue weighted by atomic mass is 35.5. The van der Waals surface area contributed by atoms with Gasteiger partial charge in [0.25, 0.3) is 11.8 Å². The van der Waals surface area contributed by atoms with Gasteiger partial charge in [0.2, 0.25) is 23.8 Å². The van der Waals surface area contributed by atoms with Gasteiger partial charge in [-0.05, 0) is 42.8 Å². The van der Waals surface area contributed by atoms with Gasteiger partial charge in [0.15, 0.2) is 34.7 Å². The van der Waals surface area contributed by atoms with Gasteiger partial charge in [-0.1, -0.05) is 16.8 Å². The Bertz CT molecular complexity index is 2140. The fraction of sp³-hybridized carbons (Fsp3) is 0.267. The molecule has 0 bridgehead atoms. The summed E-state index contributed by atoms with van der Waals surface area (Å²) in [6.07, 6.45) is 3.47. The van der Waals surface area contributed by atoms with Crippen LogP contribution in [0.15, 0.2) is 57.7 Å². The number of benzene rings is 1. The number of H-pyrrole nitrogens is 1. The van der Waals surface area contributed by atoms with Crippen molar-refractivity contribution in [1.29, 1.82) is 0 Å². The standard InChI is InChI=1S/C30H27ClN10O8S3/c1-30(2,28(47)48)49-37-20(16-12-52-29(32)33-16)25(45)34-21-26(46)41-22(24-35-38-39-36-24)13(11-51-27(21)41)10-50-14-4-3-7-40(8-14)9-18(43)15-5-6-17(42)23(44)19(15)31/h3-8,12,21,27H,9-11H2,1-2H3,(H6-,32,33,34,35,36,37,38,39,42,43,44,45,47,48)/p+1/t21-,27-/m1/s1. The fourth-order valence-corrected chi connectivity index (χ4v) is 8.20. The van der Waals surface area contributed by atoms with Crippen LogP contribution in [-0.2, 0) is 25.8 Å². The minimum absolute atomic E-state index is 0.0443. The van der Waals surface area contributed by atoms with E-state index in [4.69, 9.17) is 22.2 Å². The number of ketones is 1. The molecule has 52 heavy (non-hydrogen) atoms. The van der Waals surface area contributed by atoms with Crippen LogP contribution in [0.2, 0.25) is 5.02 Å². The Morgan fingerprint density at radius 1 is 1.29 bits per heavy atom. The summed E-state index contributed by atoms with van der Waals surface area (Å²) in [5, 5.41) is 50.6. The van der Waals surface area contributed by atoms with E-state index in [9.17, 15) is 34.5 Å². The highest BCUT2D eigenvalue weighted by Gasteiger charge is 2.54. The lowest BCUT2D eigenvalue weighted by atomic mass is 10.0. The van der Waals surface area contributed by atoms with Crippen LogP contribution in [0, 0.1) is 0 Å². The number of carbonyl (C=O) groups excluding carboxylic acids is 3. The first kappa shape index (κ1) is 36.5. The lowest BCUT2D eigenvalue weighted by Gasteiger charge is -2.49. The number of phenols is 2. The van der Waals surface area contributed by atoms with E-state index in [0.717, 1.165) is 21.8 Å². The molecule has 0 aliphatic carbocycles. The smallest absolute Gasteiger partial charge is 0.350 e. The lowest BCUT2D eigenvalue weighted by molar-refractivity contribution is -0.685. The quantitative estimate of drug-likeness (QED) is 0.0214. The monoisotopic (exact) mass is 787 g/mol. The summed E-state index contributed by atoms with van der Waals surface area (Å²) >= 11 is 9.97. The number of hydrogen-bond donors (Lipinski definition) is 6. The number of aromatic hydroxyl groups is 2. The van der Waals surface area contributed by atoms with Crippen molar-refractivity contribution in [3.8, 4) is 11.5 Å². The van der Waals surface area contributed by atoms with Gasteiger partial charge in [0.1, 0.15) is 17.1 Å². The summed E-state index contributed by atoms with van der Waals surface area (Å²) in [4.78, 5) is 63.2. The average molecular weight is 788 g/mol. The van der Waals surface area contributed by atoms with Crippen molar-refractivity contribution < 1.29 is 43.9 Å². The largest absolute Gasteiger partial charge is 0.504 e. The number of pyridine rings is 1. The fourth-order valence-electron chi connectivity index (χ4n) is 4.95. The number of β-lactam (4-membered cyclic amide) rings is 1. The molecule has 5 heterocycles. The molecular weight excluding hydrogens is 760 g/mol. The van der Waals surface area contributed by atoms with E-state index < -0.39 is 46.3 Å². The molecule has 0 spiro atoms. The number of halogens is 1. The van der Waals surface area contributed by atoms with Crippen molar-refractivity contribution in [3.63, 3.8) is 0 Å². The van der Waals surface area contributed by atoms with Crippen LogP contribution in [-0.4, -0.2) is 104 Å². The van der Waals surface area contributed by atoms with Gasteiger partial charge in [-0.15, -0.1) is 45.1 Å². The number of fused-ring (bicyclic) bond motifs is 1. The van der Waals surface area contributed by atoms with Gasteiger partial charge in [0.05, 0.1) is 15.6 Å². The van der Waals surface area contributed by atoms with Crippen molar-refractivity contribution in [2.75, 3.05) is 17.2 Å². The maximum atomic E-state index is 13.7. The summed E-state index contributed by atoms with van der Waals surface area (Å²) in [6.45, 7) is 2.43. The highest BCUT2D eigenvalue weighted by Crippen LogP contribution is 2.44. The summed E-state index contributed by atoms with van der Waals surface area (Å²) in [5.74, 6) is -2.94. The number of rotatable bonds is 13. The molecule has 1 aromatic carbocycles. The number of thiazole rings is 1. The predicted octanol–water partition coefficient (Wildman–Crippen LogP) is 1.66. The van der Waals surface area contributed by atoms with Crippen molar-refractivity contribution in [3.05, 3.63) is 69.7 Å². The molecule has 2 aliphatic heterocycles. The van der Waals surface area contributed by atoms with E-state index in [1.807, 2.05) is 6.07 Å². The number of amides is 2. The summed E-state index contributed by atoms with van der Waals surface area (Å²) in [5.41, 5.74) is 4.99. The maximum absolute atomic E-state index is 13.7. The summed E-state index contributed by atoms with van der Waals surface area (Å²) in [7, 11) is 0. The number of thioether (sulfide) groups is 2. The SMILES string of the molecule is CC(C)(O/N=C(\C(=O)N[C@@H]1C(=O)N2C(c3nn[nH]n3)=C(CSc3ccc[n+](CC(=O)c4ccc(O)c(O)c4Cl)c3)CS[C@H]12)c1csc(N)n1)C(=O)O. The molecule has 0 saturated carbocycles. The van der Waals surface area contributed by atoms with Crippen molar-refractivity contribution in [2.45, 2.75) is 42.3 Å². The second-order valence-corrected chi connectivity index (χ2v) is 15.1. The Morgan fingerprint density at radius 2 is 2.08 bits per heavy atom. The molecule has 3 aromatic heterocycles. The number of tetrazole rings is 1. The topological polar surface area (TPSA) is 263 Å². The third-order valence-corrected chi connectivity index (χ3v) is 11.2. The van der Waals surface area contributed by atoms with E-state index in [2.05, 4.69) is 36.1 Å². The first-order chi connectivity index (χ1) is 24.7. The van der Waals surface area contributed by atoms with E-state index in [1.54, 1.807) is 23.0 Å². The number of nitrogens with one attached hydrogen (secondary N) is 2. The first-order valence-corrected chi connectivity index (χ1v) is 18.3. The third-order valence-electron chi connectivity index (χ3n) is 7.72. The number of oxime groups is 1. The third kappa shape index (κ3) is 7.38. The lowest BCUT2D eigenvalue weighted by Crippen LogP contribution is -2.70. The molecule has 22 heteroatoms. The van der Waals surface area contributed by atoms with E-state index in [-0.39, 0.29) is 45.3 Å². The Hall–Kier alpha value is -5.25. The van der Waals surface area contributed by atoms with Gasteiger partial charge in [-0.25, -0.2) is 9.78 Å². The molecule has 1 saturated heterocycles. The maximum Gasteiger partial charge on any atom is 0.350 e. The van der Waals surface area contributed by atoms with Gasteiger partial charge in [-0.3, -0.25) is 19.3 Å². The molecular formula is C30H28ClN10O8S3+. The summed E-state index contributed by atoms with van der Waals surface area (Å²) in [6, 6.07) is 5.17. The van der Waals surface area contributed by atoms with Crippen molar-refractivity contribution in [2.24, 2.45) is 5.16 Å². The van der Waals surface area contributed by atoms with Crippen LogP contribution in [0.25, 0.3) is 5.70 Å². The van der Waals surface area contributed by atoms with Crippen LogP contribution < -0.4 is 15.6 Å². The molecule has 0 unspecified atom stereocenters. The zero-order chi connectivity index (χ0) is 37.3. The molecule has 270 valence electrons. The number of aromatic nitrogens is 6. The van der Waals surface area contributed by atoms with E-state index in [0.29, 0.717) is 17.2 Å². The second kappa shape index (κ2) is 14.8. The molecule has 0 radical (unpaired) electrons. The van der Waals surface area contributed by atoms with Crippen LogP contribution >= 0.6 is 46.5 Å². The Kier molecular flexibility index (Phi) is 10.4. The molecule has 2 atom stereocenters. The molecule has 2 aliphatic rings. The normalized spacial score (nSPS) is 17.4. The van der Waals surface area contributed by atoms with E-state index in [1.165, 1.54) is 59.8 Å². The van der Waals surface area contributed by atoms with Crippen molar-refractivity contribution in [1.82, 2.24) is 35.8 Å². The molecule has 1 fully saturated rings. The minimum Gasteiger partial charge on any atom is -0.504 e. The highest BCUT2D eigenvalue weighted by molar-refractivity contribution is 8.01. The van der Waals surface area contributed by atoms with E-state index >= 15 is 0 Å². The minimum atomic E-state index is -1.77. The van der Waals surface area contributed by atoms with Crippen LogP contribution in [0.3, 0.4) is 0 Å².